The van der Waals surface area contributed by atoms with Gasteiger partial charge in [-0.15, -0.1) is 0 Å². The van der Waals surface area contributed by atoms with Crippen molar-refractivity contribution in [3.63, 3.8) is 0 Å². The van der Waals surface area contributed by atoms with Gasteiger partial charge in [0.1, 0.15) is 5.75 Å². The van der Waals surface area contributed by atoms with Gasteiger partial charge in [-0.1, -0.05) is 25.6 Å². The predicted octanol–water partition coefficient (Wildman–Crippen LogP) is 2.34. The monoisotopic (exact) mass is 124 g/mol. The van der Waals surface area contributed by atoms with E-state index in [9.17, 15) is 0 Å². The molecule has 1 rings (SSSR count). The van der Waals surface area contributed by atoms with E-state index in [0.717, 1.165) is 5.56 Å². The lowest BCUT2D eigenvalue weighted by Gasteiger charge is -1.92. The quantitative estimate of drug-likeness (QED) is 0.562. The van der Waals surface area contributed by atoms with Gasteiger partial charge in [-0.2, -0.15) is 0 Å². The van der Waals surface area contributed by atoms with Crippen LogP contribution in [0.2, 0.25) is 0 Å². The molecule has 1 aromatic rings. The molecule has 0 atom stereocenters. The minimum absolute atomic E-state index is 0. The lowest BCUT2D eigenvalue weighted by atomic mass is 10.2. The van der Waals surface area contributed by atoms with Crippen LogP contribution in [0.1, 0.15) is 13.0 Å². The highest BCUT2D eigenvalue weighted by Crippen LogP contribution is 2.12. The maximum absolute atomic E-state index is 8.92. The van der Waals surface area contributed by atoms with Gasteiger partial charge in [0.15, 0.2) is 0 Å². The van der Waals surface area contributed by atoms with E-state index in [0.29, 0.717) is 5.75 Å². The largest absolute Gasteiger partial charge is 0.508 e. The third-order valence-electron chi connectivity index (χ3n) is 1.12. The Kier molecular flexibility index (Phi) is 2.79. The van der Waals surface area contributed by atoms with Gasteiger partial charge in [0, 0.05) is 0 Å². The zero-order valence-corrected chi connectivity index (χ0v) is 4.76. The molecule has 0 radical (unpaired) electrons. The summed E-state index contributed by atoms with van der Waals surface area (Å²) in [6.45, 7) is 1.87. The third-order valence-corrected chi connectivity index (χ3v) is 1.12. The van der Waals surface area contributed by atoms with E-state index in [1.165, 1.54) is 0 Å². The van der Waals surface area contributed by atoms with Crippen LogP contribution in [0.4, 0.5) is 0 Å². The van der Waals surface area contributed by atoms with Crippen molar-refractivity contribution in [2.24, 2.45) is 0 Å². The highest BCUT2D eigenvalue weighted by atomic mass is 16.3. The zero-order valence-electron chi connectivity index (χ0n) is 4.76. The van der Waals surface area contributed by atoms with Crippen molar-refractivity contribution in [2.75, 3.05) is 0 Å². The molecular formula is C8H12O. The molecule has 0 saturated heterocycles. The van der Waals surface area contributed by atoms with E-state index in [1.807, 2.05) is 25.1 Å². The Bertz CT molecular complexity index is 161. The molecule has 0 aromatic heterocycles. The Balaban J connectivity index is 0.000000640. The SMILES string of the molecule is C.Cc1ccccc1O. The van der Waals surface area contributed by atoms with E-state index in [1.54, 1.807) is 6.07 Å². The van der Waals surface area contributed by atoms with E-state index in [-0.39, 0.29) is 7.43 Å². The van der Waals surface area contributed by atoms with Crippen LogP contribution in [0.25, 0.3) is 0 Å². The summed E-state index contributed by atoms with van der Waals surface area (Å²) < 4.78 is 0. The van der Waals surface area contributed by atoms with Gasteiger partial charge in [-0.25, -0.2) is 0 Å². The van der Waals surface area contributed by atoms with Crippen LogP contribution in [0, 0.1) is 6.92 Å². The summed E-state index contributed by atoms with van der Waals surface area (Å²) in [6, 6.07) is 7.25. The zero-order chi connectivity index (χ0) is 5.98. The first-order valence-electron chi connectivity index (χ1n) is 2.55. The molecule has 1 N–H and O–H groups in total. The van der Waals surface area contributed by atoms with Crippen LogP contribution in [0.3, 0.4) is 0 Å². The fraction of sp³-hybridized carbons (Fsp3) is 0.250. The van der Waals surface area contributed by atoms with E-state index in [2.05, 4.69) is 0 Å². The molecule has 0 heterocycles. The fourth-order valence-corrected chi connectivity index (χ4v) is 0.563. The molecular weight excluding hydrogens is 112 g/mol. The molecule has 0 saturated carbocycles. The molecule has 0 aliphatic carbocycles. The summed E-state index contributed by atoms with van der Waals surface area (Å²) in [6.07, 6.45) is 0. The topological polar surface area (TPSA) is 20.2 Å². The molecule has 1 aromatic carbocycles. The summed E-state index contributed by atoms with van der Waals surface area (Å²) in [5.74, 6) is 0.368. The average Bonchev–Trinajstić information content (AvgIpc) is 1.77. The minimum atomic E-state index is 0. The molecule has 0 unspecified atom stereocenters. The summed E-state index contributed by atoms with van der Waals surface area (Å²) >= 11 is 0. The lowest BCUT2D eigenvalue weighted by molar-refractivity contribution is 0.471. The second kappa shape index (κ2) is 3.13. The molecule has 0 fully saturated rings. The first-order chi connectivity index (χ1) is 3.80. The summed E-state index contributed by atoms with van der Waals surface area (Å²) in [7, 11) is 0. The van der Waals surface area contributed by atoms with Gasteiger partial charge >= 0.3 is 0 Å². The van der Waals surface area contributed by atoms with Crippen molar-refractivity contribution in [3.8, 4) is 5.75 Å². The molecule has 9 heavy (non-hydrogen) atoms. The molecule has 1 heteroatoms. The third kappa shape index (κ3) is 1.76. The Labute approximate surface area is 56.0 Å². The van der Waals surface area contributed by atoms with Crippen molar-refractivity contribution in [3.05, 3.63) is 29.8 Å². The Morgan fingerprint density at radius 1 is 1.22 bits per heavy atom. The minimum Gasteiger partial charge on any atom is -0.508 e. The number of hydrogen-bond acceptors (Lipinski definition) is 1. The standard InChI is InChI=1S/C7H8O.CH4/c1-6-4-2-3-5-7(6)8;/h2-5,8H,1H3;1H4. The second-order valence-corrected chi connectivity index (χ2v) is 1.79. The fourth-order valence-electron chi connectivity index (χ4n) is 0.563. The maximum Gasteiger partial charge on any atom is 0.118 e. The van der Waals surface area contributed by atoms with Gasteiger partial charge in [-0.3, -0.25) is 0 Å². The van der Waals surface area contributed by atoms with Crippen LogP contribution < -0.4 is 0 Å². The second-order valence-electron chi connectivity index (χ2n) is 1.79. The van der Waals surface area contributed by atoms with Gasteiger partial charge in [0.2, 0.25) is 0 Å². The Morgan fingerprint density at radius 3 is 2.11 bits per heavy atom. The van der Waals surface area contributed by atoms with Crippen LogP contribution in [0.15, 0.2) is 24.3 Å². The number of phenols is 1. The predicted molar refractivity (Wildman–Crippen MR) is 39.6 cm³/mol. The van der Waals surface area contributed by atoms with Gasteiger partial charge in [-0.05, 0) is 18.6 Å². The Hall–Kier alpha value is -0.980. The van der Waals surface area contributed by atoms with Crippen molar-refractivity contribution in [2.45, 2.75) is 14.4 Å². The van der Waals surface area contributed by atoms with Crippen molar-refractivity contribution in [1.29, 1.82) is 0 Å². The summed E-state index contributed by atoms with van der Waals surface area (Å²) in [5, 5.41) is 8.92. The van der Waals surface area contributed by atoms with Gasteiger partial charge in [0.25, 0.3) is 0 Å². The number of phenolic OH excluding ortho intramolecular Hbond substituents is 1. The molecule has 0 amide bonds. The molecule has 0 spiro atoms. The molecule has 0 bridgehead atoms. The summed E-state index contributed by atoms with van der Waals surface area (Å²) in [4.78, 5) is 0. The van der Waals surface area contributed by atoms with Crippen LogP contribution >= 0.6 is 0 Å². The van der Waals surface area contributed by atoms with Crippen molar-refractivity contribution < 1.29 is 5.11 Å². The van der Waals surface area contributed by atoms with E-state index >= 15 is 0 Å². The van der Waals surface area contributed by atoms with Crippen LogP contribution in [-0.4, -0.2) is 5.11 Å². The number of rotatable bonds is 0. The van der Waals surface area contributed by atoms with Crippen molar-refractivity contribution >= 4 is 0 Å². The first-order valence-corrected chi connectivity index (χ1v) is 2.55. The van der Waals surface area contributed by atoms with E-state index in [4.69, 9.17) is 5.11 Å². The first kappa shape index (κ1) is 8.02. The molecule has 50 valence electrons. The highest BCUT2D eigenvalue weighted by molar-refractivity contribution is 5.29. The average molecular weight is 124 g/mol. The number of para-hydroxylation sites is 1. The normalized spacial score (nSPS) is 8.11. The smallest absolute Gasteiger partial charge is 0.118 e. The van der Waals surface area contributed by atoms with Crippen LogP contribution in [-0.2, 0) is 0 Å². The molecule has 0 aliphatic heterocycles. The summed E-state index contributed by atoms with van der Waals surface area (Å²) in [5.41, 5.74) is 0.924. The number of aromatic hydroxyl groups is 1. The molecule has 0 aliphatic rings. The molecule has 1 nitrogen and oxygen atoms in total. The lowest BCUT2D eigenvalue weighted by Crippen LogP contribution is -1.68. The van der Waals surface area contributed by atoms with Gasteiger partial charge in [0.05, 0.1) is 0 Å². The maximum atomic E-state index is 8.92. The number of hydrogen-bond donors (Lipinski definition) is 1. The number of aryl methyl sites for hydroxylation is 1. The Morgan fingerprint density at radius 2 is 1.78 bits per heavy atom. The van der Waals surface area contributed by atoms with Crippen LogP contribution in [0.5, 0.6) is 5.75 Å². The highest BCUT2D eigenvalue weighted by Gasteiger charge is 1.86. The number of benzene rings is 1. The van der Waals surface area contributed by atoms with E-state index < -0.39 is 0 Å². The van der Waals surface area contributed by atoms with Crippen molar-refractivity contribution in [1.82, 2.24) is 0 Å². The van der Waals surface area contributed by atoms with Gasteiger partial charge < -0.3 is 5.11 Å².